The summed E-state index contributed by atoms with van der Waals surface area (Å²) in [6, 6.07) is 13.3. The number of anilines is 1. The van der Waals surface area contributed by atoms with Crippen LogP contribution in [0.25, 0.3) is 0 Å². The molecule has 6 nitrogen and oxygen atoms in total. The highest BCUT2D eigenvalue weighted by atomic mass is 32.2. The number of nitrogens with zero attached hydrogens (tertiary/aromatic N) is 2. The zero-order valence-electron chi connectivity index (χ0n) is 17.3. The lowest BCUT2D eigenvalue weighted by molar-refractivity contribution is -0.119. The lowest BCUT2D eigenvalue weighted by Gasteiger charge is -2.21. The summed E-state index contributed by atoms with van der Waals surface area (Å²) in [5.41, 5.74) is 4.17. The molecule has 1 heterocycles. The van der Waals surface area contributed by atoms with Crippen molar-refractivity contribution in [3.8, 4) is 0 Å². The van der Waals surface area contributed by atoms with Gasteiger partial charge < -0.3 is 10.2 Å². The van der Waals surface area contributed by atoms with Crippen LogP contribution in [0, 0.1) is 6.92 Å². The van der Waals surface area contributed by atoms with E-state index in [0.717, 1.165) is 23.2 Å². The number of fused-ring (bicyclic) bond motifs is 1. The van der Waals surface area contributed by atoms with Crippen molar-refractivity contribution in [3.05, 3.63) is 59.2 Å². The first kappa shape index (κ1) is 21.3. The average molecular weight is 416 g/mol. The molecule has 0 atom stereocenters. The zero-order chi connectivity index (χ0) is 21.0. The number of carbonyl (C=O) groups excluding carboxylic acids is 1. The number of sulfonamides is 1. The summed E-state index contributed by atoms with van der Waals surface area (Å²) in [5.74, 6) is -0.0433. The van der Waals surface area contributed by atoms with Crippen molar-refractivity contribution in [2.75, 3.05) is 31.1 Å². The van der Waals surface area contributed by atoms with Crippen LogP contribution in [0.1, 0.15) is 30.5 Å². The summed E-state index contributed by atoms with van der Waals surface area (Å²) >= 11 is 0. The summed E-state index contributed by atoms with van der Waals surface area (Å²) in [6.45, 7) is 8.08. The number of rotatable bonds is 8. The molecule has 0 fully saturated rings. The summed E-state index contributed by atoms with van der Waals surface area (Å²) in [7, 11) is -3.47. The van der Waals surface area contributed by atoms with Gasteiger partial charge in [0.2, 0.25) is 15.9 Å². The number of aryl methyl sites for hydroxylation is 1. The second kappa shape index (κ2) is 8.97. The van der Waals surface area contributed by atoms with Gasteiger partial charge in [-0.1, -0.05) is 43.7 Å². The molecular weight excluding hydrogens is 386 g/mol. The third-order valence-electron chi connectivity index (χ3n) is 5.33. The summed E-state index contributed by atoms with van der Waals surface area (Å²) in [6.07, 6.45) is 0.738. The summed E-state index contributed by atoms with van der Waals surface area (Å²) in [5, 5.41) is 2.96. The molecule has 3 rings (SSSR count). The molecule has 0 bridgehead atoms. The molecule has 0 aromatic heterocycles. The number of benzene rings is 2. The molecule has 7 heteroatoms. The van der Waals surface area contributed by atoms with Gasteiger partial charge in [0.1, 0.15) is 0 Å². The van der Waals surface area contributed by atoms with Crippen LogP contribution in [0.2, 0.25) is 0 Å². The number of hydrogen-bond donors (Lipinski definition) is 1. The Hall–Kier alpha value is -2.38. The first-order valence-corrected chi connectivity index (χ1v) is 11.5. The molecule has 2 aromatic carbocycles. The van der Waals surface area contributed by atoms with Crippen LogP contribution in [0.3, 0.4) is 0 Å². The van der Waals surface area contributed by atoms with E-state index in [1.54, 1.807) is 12.1 Å². The predicted octanol–water partition coefficient (Wildman–Crippen LogP) is 2.70. The Balaban J connectivity index is 1.65. The average Bonchev–Trinajstić information content (AvgIpc) is 3.10. The highest BCUT2D eigenvalue weighted by Crippen LogP contribution is 2.30. The minimum absolute atomic E-state index is 0.0433. The fourth-order valence-corrected chi connectivity index (χ4v) is 5.13. The molecule has 2 aromatic rings. The van der Waals surface area contributed by atoms with Gasteiger partial charge in [0, 0.05) is 31.9 Å². The van der Waals surface area contributed by atoms with Crippen molar-refractivity contribution >= 4 is 21.6 Å². The minimum Gasteiger partial charge on any atom is -0.362 e. The quantitative estimate of drug-likeness (QED) is 0.720. The van der Waals surface area contributed by atoms with E-state index in [1.807, 2.05) is 56.0 Å². The van der Waals surface area contributed by atoms with E-state index in [-0.39, 0.29) is 12.5 Å². The molecule has 1 N–H and O–H groups in total. The Morgan fingerprint density at radius 2 is 1.79 bits per heavy atom. The maximum Gasteiger partial charge on any atom is 0.243 e. The molecule has 1 aliphatic heterocycles. The van der Waals surface area contributed by atoms with Crippen molar-refractivity contribution < 1.29 is 13.2 Å². The van der Waals surface area contributed by atoms with Gasteiger partial charge in [0.05, 0.1) is 11.4 Å². The number of hydrogen-bond acceptors (Lipinski definition) is 4. The Morgan fingerprint density at radius 1 is 1.10 bits per heavy atom. The van der Waals surface area contributed by atoms with Crippen LogP contribution in [-0.4, -0.2) is 44.8 Å². The monoisotopic (exact) mass is 415 g/mol. The van der Waals surface area contributed by atoms with Crippen molar-refractivity contribution in [2.24, 2.45) is 0 Å². The highest BCUT2D eigenvalue weighted by Gasteiger charge is 2.26. The largest absolute Gasteiger partial charge is 0.362 e. The number of nitrogens with one attached hydrogen (secondary N) is 1. The van der Waals surface area contributed by atoms with Gasteiger partial charge in [0.25, 0.3) is 0 Å². The van der Waals surface area contributed by atoms with E-state index in [4.69, 9.17) is 0 Å². The Labute approximate surface area is 173 Å². The van der Waals surface area contributed by atoms with E-state index >= 15 is 0 Å². The fraction of sp³-hybridized carbons (Fsp3) is 0.409. The standard InChI is InChI=1S/C22H29N3O3S/c1-4-25(5-2)29(27,28)20-10-11-21-19(14-20)12-13-24(21)16-22(26)23-15-18-8-6-17(3)7-9-18/h6-11,14H,4-5,12-13,15-16H2,1-3H3,(H,23,26). The van der Waals surface area contributed by atoms with Crippen LogP contribution in [0.4, 0.5) is 5.69 Å². The van der Waals surface area contributed by atoms with Gasteiger partial charge in [-0.05, 0) is 42.7 Å². The van der Waals surface area contributed by atoms with Crippen molar-refractivity contribution in [1.29, 1.82) is 0 Å². The highest BCUT2D eigenvalue weighted by molar-refractivity contribution is 7.89. The van der Waals surface area contributed by atoms with E-state index in [0.29, 0.717) is 31.1 Å². The molecule has 1 amide bonds. The Bertz CT molecular complexity index is 967. The number of amides is 1. The maximum absolute atomic E-state index is 12.7. The maximum atomic E-state index is 12.7. The van der Waals surface area contributed by atoms with Crippen LogP contribution >= 0.6 is 0 Å². The third kappa shape index (κ3) is 4.79. The topological polar surface area (TPSA) is 69.7 Å². The molecule has 0 spiro atoms. The normalized spacial score (nSPS) is 13.6. The number of carbonyl (C=O) groups is 1. The van der Waals surface area contributed by atoms with Crippen LogP contribution < -0.4 is 10.2 Å². The van der Waals surface area contributed by atoms with Gasteiger partial charge in [0.15, 0.2) is 0 Å². The SMILES string of the molecule is CCN(CC)S(=O)(=O)c1ccc2c(c1)CCN2CC(=O)NCc1ccc(C)cc1. The van der Waals surface area contributed by atoms with Gasteiger partial charge >= 0.3 is 0 Å². The van der Waals surface area contributed by atoms with Crippen LogP contribution in [0.5, 0.6) is 0 Å². The van der Waals surface area contributed by atoms with Crippen LogP contribution in [0.15, 0.2) is 47.4 Å². The molecule has 156 valence electrons. The summed E-state index contributed by atoms with van der Waals surface area (Å²) < 4.78 is 26.9. The van der Waals surface area contributed by atoms with Crippen molar-refractivity contribution in [2.45, 2.75) is 38.6 Å². The molecule has 29 heavy (non-hydrogen) atoms. The van der Waals surface area contributed by atoms with E-state index in [2.05, 4.69) is 5.32 Å². The fourth-order valence-electron chi connectivity index (χ4n) is 3.62. The second-order valence-electron chi connectivity index (χ2n) is 7.31. The Morgan fingerprint density at radius 3 is 2.45 bits per heavy atom. The zero-order valence-corrected chi connectivity index (χ0v) is 18.1. The van der Waals surface area contributed by atoms with Gasteiger partial charge in [-0.15, -0.1) is 0 Å². The summed E-state index contributed by atoms with van der Waals surface area (Å²) in [4.78, 5) is 14.7. The van der Waals surface area contributed by atoms with Crippen molar-refractivity contribution in [1.82, 2.24) is 9.62 Å². The molecular formula is C22H29N3O3S. The van der Waals surface area contributed by atoms with Crippen LogP contribution in [-0.2, 0) is 27.8 Å². The second-order valence-corrected chi connectivity index (χ2v) is 9.25. The minimum atomic E-state index is -3.47. The van der Waals surface area contributed by atoms with Gasteiger partial charge in [-0.3, -0.25) is 4.79 Å². The first-order valence-electron chi connectivity index (χ1n) is 10.1. The van der Waals surface area contributed by atoms with Gasteiger partial charge in [-0.25, -0.2) is 8.42 Å². The van der Waals surface area contributed by atoms with E-state index < -0.39 is 10.0 Å². The van der Waals surface area contributed by atoms with E-state index in [1.165, 1.54) is 9.87 Å². The molecule has 0 saturated carbocycles. The first-order chi connectivity index (χ1) is 13.8. The third-order valence-corrected chi connectivity index (χ3v) is 7.38. The molecule has 1 aliphatic rings. The molecule has 0 unspecified atom stereocenters. The Kier molecular flexibility index (Phi) is 6.59. The van der Waals surface area contributed by atoms with Crippen molar-refractivity contribution in [3.63, 3.8) is 0 Å². The lowest BCUT2D eigenvalue weighted by atomic mass is 10.1. The van der Waals surface area contributed by atoms with E-state index in [9.17, 15) is 13.2 Å². The molecule has 0 radical (unpaired) electrons. The predicted molar refractivity (Wildman–Crippen MR) is 115 cm³/mol. The molecule has 0 aliphatic carbocycles. The smallest absolute Gasteiger partial charge is 0.243 e. The lowest BCUT2D eigenvalue weighted by Crippen LogP contribution is -2.36. The molecule has 0 saturated heterocycles. The van der Waals surface area contributed by atoms with Gasteiger partial charge in [-0.2, -0.15) is 4.31 Å².